The molecule has 0 unspecified atom stereocenters. The Morgan fingerprint density at radius 1 is 1.48 bits per heavy atom. The van der Waals surface area contributed by atoms with Gasteiger partial charge in [0.1, 0.15) is 0 Å². The maximum atomic E-state index is 12.1. The highest BCUT2D eigenvalue weighted by Gasteiger charge is 2.22. The van der Waals surface area contributed by atoms with E-state index in [2.05, 4.69) is 14.7 Å². The smallest absolute Gasteiger partial charge is 0.297 e. The van der Waals surface area contributed by atoms with Crippen molar-refractivity contribution < 1.29 is 13.3 Å². The van der Waals surface area contributed by atoms with Crippen LogP contribution in [0.15, 0.2) is 23.4 Å². The second-order valence-corrected chi connectivity index (χ2v) is 7.14. The van der Waals surface area contributed by atoms with Crippen LogP contribution in [0.5, 0.6) is 0 Å². The molecule has 1 aromatic heterocycles. The van der Waals surface area contributed by atoms with E-state index < -0.39 is 14.9 Å². The summed E-state index contributed by atoms with van der Waals surface area (Å²) < 4.78 is 26.5. The SMILES string of the molecule is CCSCCNS(=O)(=O)c1nc2c([N+](=O)[O-])cccc2[nH]1. The molecule has 0 radical (unpaired) electrons. The number of thioether (sulfide) groups is 1. The van der Waals surface area contributed by atoms with Crippen LogP contribution in [0.4, 0.5) is 5.69 Å². The number of imidazole rings is 1. The van der Waals surface area contributed by atoms with Crippen LogP contribution < -0.4 is 4.72 Å². The van der Waals surface area contributed by atoms with Gasteiger partial charge in [0.05, 0.1) is 10.4 Å². The third kappa shape index (κ3) is 3.52. The fourth-order valence-corrected chi connectivity index (χ4v) is 3.36. The van der Waals surface area contributed by atoms with E-state index in [1.165, 1.54) is 12.1 Å². The summed E-state index contributed by atoms with van der Waals surface area (Å²) in [5, 5.41) is 10.6. The van der Waals surface area contributed by atoms with Crippen LogP contribution >= 0.6 is 11.8 Å². The van der Waals surface area contributed by atoms with Gasteiger partial charge >= 0.3 is 0 Å². The Balaban J connectivity index is 2.30. The fraction of sp³-hybridized carbons (Fsp3) is 0.364. The first-order valence-electron chi connectivity index (χ1n) is 6.16. The molecule has 0 atom stereocenters. The molecule has 10 heteroatoms. The summed E-state index contributed by atoms with van der Waals surface area (Å²) in [6.07, 6.45) is 0. The molecule has 0 saturated heterocycles. The minimum Gasteiger partial charge on any atom is -0.327 e. The van der Waals surface area contributed by atoms with Crippen molar-refractivity contribution in [2.75, 3.05) is 18.1 Å². The molecular weight excluding hydrogens is 316 g/mol. The van der Waals surface area contributed by atoms with Crippen molar-refractivity contribution in [2.45, 2.75) is 12.1 Å². The van der Waals surface area contributed by atoms with Gasteiger partial charge in [-0.25, -0.2) is 18.1 Å². The summed E-state index contributed by atoms with van der Waals surface area (Å²) in [6, 6.07) is 4.30. The number of para-hydroxylation sites is 1. The largest absolute Gasteiger partial charge is 0.327 e. The summed E-state index contributed by atoms with van der Waals surface area (Å²) in [5.41, 5.74) is 0.116. The Kier molecular flexibility index (Phi) is 4.80. The Bertz CT molecular complexity index is 757. The number of aromatic amines is 1. The Morgan fingerprint density at radius 3 is 2.90 bits per heavy atom. The molecule has 114 valence electrons. The zero-order valence-electron chi connectivity index (χ0n) is 11.2. The number of hydrogen-bond acceptors (Lipinski definition) is 6. The van der Waals surface area contributed by atoms with Crippen molar-refractivity contribution in [1.29, 1.82) is 0 Å². The first kappa shape index (κ1) is 15.7. The lowest BCUT2D eigenvalue weighted by atomic mass is 10.3. The fourth-order valence-electron chi connectivity index (χ4n) is 1.73. The van der Waals surface area contributed by atoms with E-state index in [4.69, 9.17) is 0 Å². The lowest BCUT2D eigenvalue weighted by Crippen LogP contribution is -2.27. The number of nitrogens with zero attached hydrogens (tertiary/aromatic N) is 2. The maximum absolute atomic E-state index is 12.1. The van der Waals surface area contributed by atoms with Gasteiger partial charge in [0.2, 0.25) is 5.16 Å². The van der Waals surface area contributed by atoms with Crippen LogP contribution in [-0.2, 0) is 10.0 Å². The molecule has 0 spiro atoms. The normalized spacial score (nSPS) is 11.9. The highest BCUT2D eigenvalue weighted by Crippen LogP contribution is 2.24. The lowest BCUT2D eigenvalue weighted by Gasteiger charge is -2.02. The summed E-state index contributed by atoms with van der Waals surface area (Å²) in [6.45, 7) is 2.26. The van der Waals surface area contributed by atoms with Gasteiger partial charge in [-0.05, 0) is 11.8 Å². The van der Waals surface area contributed by atoms with Crippen molar-refractivity contribution in [1.82, 2.24) is 14.7 Å². The summed E-state index contributed by atoms with van der Waals surface area (Å²) in [4.78, 5) is 16.8. The van der Waals surface area contributed by atoms with Gasteiger partial charge in [-0.1, -0.05) is 13.0 Å². The Morgan fingerprint density at radius 2 is 2.24 bits per heavy atom. The molecule has 2 aromatic rings. The van der Waals surface area contributed by atoms with E-state index in [0.29, 0.717) is 11.3 Å². The van der Waals surface area contributed by atoms with Gasteiger partial charge in [-0.3, -0.25) is 10.1 Å². The number of H-pyrrole nitrogens is 1. The number of nitro groups is 1. The molecule has 0 amide bonds. The third-order valence-electron chi connectivity index (χ3n) is 2.66. The molecule has 2 rings (SSSR count). The van der Waals surface area contributed by atoms with E-state index in [9.17, 15) is 18.5 Å². The first-order chi connectivity index (χ1) is 9.95. The second-order valence-electron chi connectivity index (χ2n) is 4.07. The molecule has 1 heterocycles. The molecule has 0 saturated carbocycles. The van der Waals surface area contributed by atoms with Gasteiger partial charge in [-0.2, -0.15) is 11.8 Å². The summed E-state index contributed by atoms with van der Waals surface area (Å²) in [5.74, 6) is 1.55. The predicted molar refractivity (Wildman–Crippen MR) is 80.9 cm³/mol. The number of hydrogen-bond donors (Lipinski definition) is 2. The third-order valence-corrected chi connectivity index (χ3v) is 4.85. The van der Waals surface area contributed by atoms with Gasteiger partial charge in [0.15, 0.2) is 5.52 Å². The highest BCUT2D eigenvalue weighted by atomic mass is 32.2. The van der Waals surface area contributed by atoms with Crippen LogP contribution in [0.2, 0.25) is 0 Å². The Hall–Kier alpha value is -1.65. The number of rotatable bonds is 7. The van der Waals surface area contributed by atoms with Crippen molar-refractivity contribution in [3.05, 3.63) is 28.3 Å². The molecule has 0 aliphatic carbocycles. The number of benzene rings is 1. The van der Waals surface area contributed by atoms with Crippen molar-refractivity contribution in [2.24, 2.45) is 0 Å². The summed E-state index contributed by atoms with van der Waals surface area (Å²) in [7, 11) is -3.80. The average molecular weight is 330 g/mol. The standard InChI is InChI=1S/C11H14N4O4S2/c1-2-20-7-6-12-21(18,19)11-13-8-4-3-5-9(15(16)17)10(8)14-11/h3-5,12H,2,6-7H2,1H3,(H,13,14). The molecule has 0 bridgehead atoms. The number of non-ortho nitro benzene ring substituents is 1. The van der Waals surface area contributed by atoms with Crippen LogP contribution in [0.1, 0.15) is 6.92 Å². The first-order valence-corrected chi connectivity index (χ1v) is 8.80. The van der Waals surface area contributed by atoms with E-state index in [0.717, 1.165) is 5.75 Å². The Labute approximate surface area is 125 Å². The van der Waals surface area contributed by atoms with Gasteiger partial charge in [0, 0.05) is 18.4 Å². The number of aromatic nitrogens is 2. The maximum Gasteiger partial charge on any atom is 0.297 e. The molecule has 21 heavy (non-hydrogen) atoms. The van der Waals surface area contributed by atoms with E-state index in [-0.39, 0.29) is 22.9 Å². The number of fused-ring (bicyclic) bond motifs is 1. The van der Waals surface area contributed by atoms with Crippen molar-refractivity contribution in [3.63, 3.8) is 0 Å². The minimum absolute atomic E-state index is 0.0332. The van der Waals surface area contributed by atoms with Crippen molar-refractivity contribution in [3.8, 4) is 0 Å². The van der Waals surface area contributed by atoms with Gasteiger partial charge in [-0.15, -0.1) is 0 Å². The number of nitro benzene ring substituents is 1. The zero-order chi connectivity index (χ0) is 15.5. The molecule has 0 fully saturated rings. The molecule has 1 aromatic carbocycles. The van der Waals surface area contributed by atoms with E-state index in [1.807, 2.05) is 6.92 Å². The molecule has 0 aliphatic heterocycles. The van der Waals surface area contributed by atoms with Gasteiger partial charge < -0.3 is 4.98 Å². The van der Waals surface area contributed by atoms with E-state index >= 15 is 0 Å². The zero-order valence-corrected chi connectivity index (χ0v) is 12.8. The summed E-state index contributed by atoms with van der Waals surface area (Å²) >= 11 is 1.61. The van der Waals surface area contributed by atoms with Crippen LogP contribution in [-0.4, -0.2) is 41.4 Å². The predicted octanol–water partition coefficient (Wildman–Crippen LogP) is 1.50. The monoisotopic (exact) mass is 330 g/mol. The molecule has 8 nitrogen and oxygen atoms in total. The second kappa shape index (κ2) is 6.41. The van der Waals surface area contributed by atoms with Crippen LogP contribution in [0.3, 0.4) is 0 Å². The average Bonchev–Trinajstić information content (AvgIpc) is 2.88. The molecular formula is C11H14N4O4S2. The molecule has 2 N–H and O–H groups in total. The highest BCUT2D eigenvalue weighted by molar-refractivity contribution is 7.99. The van der Waals surface area contributed by atoms with Crippen LogP contribution in [0.25, 0.3) is 11.0 Å². The number of nitrogens with one attached hydrogen (secondary N) is 2. The van der Waals surface area contributed by atoms with Gasteiger partial charge in [0.25, 0.3) is 15.7 Å². The lowest BCUT2D eigenvalue weighted by molar-refractivity contribution is -0.383. The van der Waals surface area contributed by atoms with E-state index in [1.54, 1.807) is 17.8 Å². The minimum atomic E-state index is -3.80. The quantitative estimate of drug-likeness (QED) is 0.451. The van der Waals surface area contributed by atoms with Crippen molar-refractivity contribution >= 4 is 38.5 Å². The topological polar surface area (TPSA) is 118 Å². The number of sulfonamides is 1. The molecule has 0 aliphatic rings. The van der Waals surface area contributed by atoms with Crippen LogP contribution in [0, 0.1) is 10.1 Å².